The number of para-hydroxylation sites is 1. The van der Waals surface area contributed by atoms with E-state index in [1.165, 1.54) is 6.07 Å². The monoisotopic (exact) mass is 207 g/mol. The quantitative estimate of drug-likeness (QED) is 0.536. The lowest BCUT2D eigenvalue weighted by molar-refractivity contribution is -0.209. The Morgan fingerprint density at radius 1 is 1.27 bits per heavy atom. The zero-order valence-corrected chi connectivity index (χ0v) is 7.64. The van der Waals surface area contributed by atoms with Crippen LogP contribution in [0.4, 0.5) is 0 Å². The van der Waals surface area contributed by atoms with Crippen LogP contribution in [-0.4, -0.2) is 26.3 Å². The molecule has 2 rings (SSSR count). The third kappa shape index (κ3) is 1.47. The van der Waals surface area contributed by atoms with Crippen molar-refractivity contribution < 1.29 is 20.1 Å². The van der Waals surface area contributed by atoms with Gasteiger partial charge in [0.1, 0.15) is 0 Å². The first-order valence-corrected chi connectivity index (χ1v) is 4.28. The fourth-order valence-electron chi connectivity index (χ4n) is 1.38. The molecule has 1 aromatic heterocycles. The number of aromatic nitrogens is 1. The normalized spacial score (nSPS) is 11.9. The van der Waals surface area contributed by atoms with Crippen LogP contribution in [0.15, 0.2) is 30.3 Å². The second-order valence-corrected chi connectivity index (χ2v) is 3.25. The summed E-state index contributed by atoms with van der Waals surface area (Å²) in [5.74, 6) is -4.59. The van der Waals surface area contributed by atoms with Crippen LogP contribution in [0.2, 0.25) is 0 Å². The Morgan fingerprint density at radius 2 is 1.93 bits per heavy atom. The molecule has 0 aliphatic rings. The highest BCUT2D eigenvalue weighted by molar-refractivity contribution is 5.84. The Hall–Kier alpha value is -1.85. The van der Waals surface area contributed by atoms with E-state index in [1.807, 2.05) is 0 Å². The van der Waals surface area contributed by atoms with E-state index in [4.69, 9.17) is 5.11 Å². The first kappa shape index (κ1) is 9.70. The summed E-state index contributed by atoms with van der Waals surface area (Å²) in [6, 6.07) is 8.39. The maximum absolute atomic E-state index is 10.6. The van der Waals surface area contributed by atoms with E-state index in [2.05, 4.69) is 4.98 Å². The predicted octanol–water partition coefficient (Wildman–Crippen LogP) is 0.390. The summed E-state index contributed by atoms with van der Waals surface area (Å²) in [5.41, 5.74) is 0.498. The van der Waals surface area contributed by atoms with Gasteiger partial charge in [-0.2, -0.15) is 0 Å². The van der Waals surface area contributed by atoms with Crippen molar-refractivity contribution in [3.8, 4) is 0 Å². The summed E-state index contributed by atoms with van der Waals surface area (Å²) in [6.07, 6.45) is 0. The molecule has 1 aromatic carbocycles. The SMILES string of the molecule is O=C(O)C(O)(O)c1cc2ccccc2[nH]1. The van der Waals surface area contributed by atoms with Crippen molar-refractivity contribution in [3.63, 3.8) is 0 Å². The van der Waals surface area contributed by atoms with Gasteiger partial charge in [-0.3, -0.25) is 0 Å². The van der Waals surface area contributed by atoms with Gasteiger partial charge in [0.05, 0.1) is 5.69 Å². The van der Waals surface area contributed by atoms with E-state index >= 15 is 0 Å². The highest BCUT2D eigenvalue weighted by Gasteiger charge is 2.37. The molecule has 0 spiro atoms. The second kappa shape index (κ2) is 3.08. The summed E-state index contributed by atoms with van der Waals surface area (Å²) in [5, 5.41) is 27.9. The number of benzene rings is 1. The number of carboxylic acids is 1. The van der Waals surface area contributed by atoms with Crippen LogP contribution < -0.4 is 0 Å². The smallest absolute Gasteiger partial charge is 0.370 e. The summed E-state index contributed by atoms with van der Waals surface area (Å²) < 4.78 is 0. The van der Waals surface area contributed by atoms with E-state index in [0.717, 1.165) is 5.39 Å². The lowest BCUT2D eigenvalue weighted by atomic mass is 10.2. The number of fused-ring (bicyclic) bond motifs is 1. The third-order valence-electron chi connectivity index (χ3n) is 2.20. The minimum absolute atomic E-state index is 0.156. The average Bonchev–Trinajstić information content (AvgIpc) is 2.61. The average molecular weight is 207 g/mol. The topological polar surface area (TPSA) is 93.6 Å². The molecule has 1 heterocycles. The Kier molecular flexibility index (Phi) is 1.99. The van der Waals surface area contributed by atoms with Crippen LogP contribution in [0, 0.1) is 0 Å². The Labute approximate surface area is 84.6 Å². The van der Waals surface area contributed by atoms with Crippen LogP contribution in [0.1, 0.15) is 5.69 Å². The second-order valence-electron chi connectivity index (χ2n) is 3.25. The van der Waals surface area contributed by atoms with Gasteiger partial charge in [0, 0.05) is 5.52 Å². The van der Waals surface area contributed by atoms with Gasteiger partial charge in [-0.05, 0) is 17.5 Å². The number of nitrogens with one attached hydrogen (secondary N) is 1. The van der Waals surface area contributed by atoms with Crippen molar-refractivity contribution in [1.29, 1.82) is 0 Å². The summed E-state index contributed by atoms with van der Waals surface area (Å²) >= 11 is 0. The summed E-state index contributed by atoms with van der Waals surface area (Å²) in [7, 11) is 0. The van der Waals surface area contributed by atoms with Gasteiger partial charge in [-0.1, -0.05) is 18.2 Å². The van der Waals surface area contributed by atoms with Gasteiger partial charge in [0.2, 0.25) is 0 Å². The van der Waals surface area contributed by atoms with Crippen molar-refractivity contribution in [2.45, 2.75) is 5.79 Å². The first-order valence-electron chi connectivity index (χ1n) is 4.28. The molecule has 5 heteroatoms. The van der Waals surface area contributed by atoms with E-state index in [1.54, 1.807) is 24.3 Å². The van der Waals surface area contributed by atoms with E-state index in [-0.39, 0.29) is 5.69 Å². The zero-order valence-electron chi connectivity index (χ0n) is 7.64. The van der Waals surface area contributed by atoms with Gasteiger partial charge in [0.15, 0.2) is 0 Å². The molecule has 0 aliphatic heterocycles. The molecule has 0 fully saturated rings. The Bertz CT molecular complexity index is 482. The molecule has 0 saturated carbocycles. The van der Waals surface area contributed by atoms with Crippen molar-refractivity contribution >= 4 is 16.9 Å². The lowest BCUT2D eigenvalue weighted by Gasteiger charge is -2.13. The standard InChI is InChI=1S/C10H9NO4/c12-9(13)10(14,15)8-5-6-3-1-2-4-7(6)11-8/h1-5,11,14-15H,(H,12,13). The largest absolute Gasteiger partial charge is 0.477 e. The molecule has 0 radical (unpaired) electrons. The number of aliphatic hydroxyl groups is 2. The molecular formula is C10H9NO4. The fraction of sp³-hybridized carbons (Fsp3) is 0.100. The van der Waals surface area contributed by atoms with Crippen molar-refractivity contribution in [2.75, 3.05) is 0 Å². The maximum atomic E-state index is 10.6. The molecule has 0 atom stereocenters. The molecule has 0 amide bonds. The number of aromatic amines is 1. The molecule has 0 bridgehead atoms. The molecule has 0 unspecified atom stereocenters. The molecule has 0 saturated heterocycles. The van der Waals surface area contributed by atoms with Crippen LogP contribution in [0.5, 0.6) is 0 Å². The van der Waals surface area contributed by atoms with Crippen molar-refractivity contribution in [1.82, 2.24) is 4.98 Å². The van der Waals surface area contributed by atoms with Crippen LogP contribution in [-0.2, 0) is 10.6 Å². The van der Waals surface area contributed by atoms with Gasteiger partial charge < -0.3 is 20.3 Å². The van der Waals surface area contributed by atoms with Crippen LogP contribution >= 0.6 is 0 Å². The van der Waals surface area contributed by atoms with E-state index < -0.39 is 11.8 Å². The van der Waals surface area contributed by atoms with E-state index in [9.17, 15) is 15.0 Å². The number of aliphatic carboxylic acids is 1. The highest BCUT2D eigenvalue weighted by Crippen LogP contribution is 2.22. The predicted molar refractivity (Wildman–Crippen MR) is 52.1 cm³/mol. The van der Waals surface area contributed by atoms with Crippen LogP contribution in [0.3, 0.4) is 0 Å². The number of carboxylic acid groups (broad SMARTS) is 1. The molecule has 4 N–H and O–H groups in total. The van der Waals surface area contributed by atoms with E-state index in [0.29, 0.717) is 5.52 Å². The molecule has 15 heavy (non-hydrogen) atoms. The number of rotatable bonds is 2. The fourth-order valence-corrected chi connectivity index (χ4v) is 1.38. The van der Waals surface area contributed by atoms with Crippen molar-refractivity contribution in [3.05, 3.63) is 36.0 Å². The molecular weight excluding hydrogens is 198 g/mol. The van der Waals surface area contributed by atoms with Gasteiger partial charge in [-0.25, -0.2) is 4.79 Å². The molecule has 78 valence electrons. The molecule has 5 nitrogen and oxygen atoms in total. The third-order valence-corrected chi connectivity index (χ3v) is 2.20. The first-order chi connectivity index (χ1) is 7.01. The Morgan fingerprint density at radius 3 is 2.53 bits per heavy atom. The maximum Gasteiger partial charge on any atom is 0.370 e. The Balaban J connectivity index is 2.58. The van der Waals surface area contributed by atoms with Crippen molar-refractivity contribution in [2.24, 2.45) is 0 Å². The van der Waals surface area contributed by atoms with Gasteiger partial charge in [-0.15, -0.1) is 0 Å². The number of H-pyrrole nitrogens is 1. The summed E-state index contributed by atoms with van der Waals surface area (Å²) in [6.45, 7) is 0. The zero-order chi connectivity index (χ0) is 11.1. The van der Waals surface area contributed by atoms with Gasteiger partial charge >= 0.3 is 11.8 Å². The lowest BCUT2D eigenvalue weighted by Crippen LogP contribution is -2.35. The van der Waals surface area contributed by atoms with Crippen LogP contribution in [0.25, 0.3) is 10.9 Å². The minimum atomic E-state index is -2.88. The number of carbonyl (C=O) groups is 1. The summed E-state index contributed by atoms with van der Waals surface area (Å²) in [4.78, 5) is 13.2. The van der Waals surface area contributed by atoms with Gasteiger partial charge in [0.25, 0.3) is 0 Å². The number of hydrogen-bond donors (Lipinski definition) is 4. The molecule has 0 aliphatic carbocycles. The minimum Gasteiger partial charge on any atom is -0.477 e. The highest BCUT2D eigenvalue weighted by atomic mass is 16.5. The molecule has 2 aromatic rings. The number of hydrogen-bond acceptors (Lipinski definition) is 3.